The van der Waals surface area contributed by atoms with Crippen LogP contribution in [0.3, 0.4) is 0 Å². The van der Waals surface area contributed by atoms with Crippen molar-refractivity contribution >= 4 is 26.8 Å². The van der Waals surface area contributed by atoms with Crippen LogP contribution in [-0.4, -0.2) is 46.1 Å². The first-order valence-corrected chi connectivity index (χ1v) is 12.3. The number of benzene rings is 1. The lowest BCUT2D eigenvalue weighted by atomic mass is 10.0. The number of nitrogens with zero attached hydrogens (tertiary/aromatic N) is 4. The lowest BCUT2D eigenvalue weighted by Crippen LogP contribution is -2.42. The quantitative estimate of drug-likeness (QED) is 0.348. The van der Waals surface area contributed by atoms with Gasteiger partial charge in [0.05, 0.1) is 22.5 Å². The number of carbonyl (C=O) groups is 1. The van der Waals surface area contributed by atoms with E-state index in [4.69, 9.17) is 5.73 Å². The standard InChI is InChI=1S/C23H20F4N6O3S/c1-3-13-9-18-15(10-16(13)24)19(21(28)34)20(33(18)22-29-7-4-8-30-22)17-6-5-14(11-31-17)37(35,36)32-12(2)23(25,26)27/h4-12,32H,3H2,1-2H3,(H2,28,34)/t12-/m0/s1. The zero-order chi connectivity index (χ0) is 27.1. The smallest absolute Gasteiger partial charge is 0.366 e. The summed E-state index contributed by atoms with van der Waals surface area (Å²) in [6.07, 6.45) is -0.707. The number of pyridine rings is 1. The van der Waals surface area contributed by atoms with Crippen LogP contribution >= 0.6 is 0 Å². The van der Waals surface area contributed by atoms with E-state index in [1.165, 1.54) is 35.2 Å². The molecule has 1 amide bonds. The predicted octanol–water partition coefficient (Wildman–Crippen LogP) is 3.51. The van der Waals surface area contributed by atoms with Crippen LogP contribution in [0.5, 0.6) is 0 Å². The zero-order valence-electron chi connectivity index (χ0n) is 19.4. The molecule has 1 atom stereocenters. The number of rotatable bonds is 7. The highest BCUT2D eigenvalue weighted by Gasteiger charge is 2.39. The Labute approximate surface area is 208 Å². The van der Waals surface area contributed by atoms with Crippen LogP contribution < -0.4 is 10.5 Å². The molecule has 3 N–H and O–H groups in total. The fourth-order valence-corrected chi connectivity index (χ4v) is 4.95. The van der Waals surface area contributed by atoms with E-state index >= 15 is 0 Å². The number of carbonyl (C=O) groups excluding carboxylic acids is 1. The van der Waals surface area contributed by atoms with E-state index in [2.05, 4.69) is 15.0 Å². The van der Waals surface area contributed by atoms with Crippen molar-refractivity contribution in [2.45, 2.75) is 37.4 Å². The van der Waals surface area contributed by atoms with Gasteiger partial charge in [-0.15, -0.1) is 0 Å². The fraction of sp³-hybridized carbons (Fsp3) is 0.217. The largest absolute Gasteiger partial charge is 0.404 e. The van der Waals surface area contributed by atoms with Gasteiger partial charge >= 0.3 is 6.18 Å². The van der Waals surface area contributed by atoms with Gasteiger partial charge in [0.2, 0.25) is 16.0 Å². The lowest BCUT2D eigenvalue weighted by Gasteiger charge is -2.17. The highest BCUT2D eigenvalue weighted by molar-refractivity contribution is 7.89. The molecule has 0 radical (unpaired) electrons. The van der Waals surface area contributed by atoms with Crippen molar-refractivity contribution in [2.24, 2.45) is 5.73 Å². The van der Waals surface area contributed by atoms with Crippen LogP contribution in [0.15, 0.2) is 53.8 Å². The topological polar surface area (TPSA) is 133 Å². The number of aromatic nitrogens is 4. The molecule has 0 spiro atoms. The number of hydrogen-bond donors (Lipinski definition) is 2. The fourth-order valence-electron chi connectivity index (χ4n) is 3.77. The molecule has 4 rings (SSSR count). The number of primary amides is 1. The molecule has 37 heavy (non-hydrogen) atoms. The molecule has 14 heteroatoms. The van der Waals surface area contributed by atoms with Crippen molar-refractivity contribution < 1.29 is 30.8 Å². The molecule has 9 nitrogen and oxygen atoms in total. The summed E-state index contributed by atoms with van der Waals surface area (Å²) in [5.74, 6) is -1.38. The number of amides is 1. The molecule has 0 saturated heterocycles. The van der Waals surface area contributed by atoms with Crippen molar-refractivity contribution in [3.8, 4) is 17.3 Å². The number of sulfonamides is 1. The minimum Gasteiger partial charge on any atom is -0.366 e. The maximum atomic E-state index is 14.7. The Balaban J connectivity index is 1.95. The van der Waals surface area contributed by atoms with Gasteiger partial charge in [0.15, 0.2) is 0 Å². The van der Waals surface area contributed by atoms with E-state index in [9.17, 15) is 30.8 Å². The van der Waals surface area contributed by atoms with Crippen molar-refractivity contribution in [1.82, 2.24) is 24.2 Å². The average Bonchev–Trinajstić information content (AvgIpc) is 3.17. The first-order chi connectivity index (χ1) is 17.3. The minimum absolute atomic E-state index is 0.0266. The van der Waals surface area contributed by atoms with Gasteiger partial charge in [-0.1, -0.05) is 6.92 Å². The van der Waals surface area contributed by atoms with Crippen molar-refractivity contribution in [3.63, 3.8) is 0 Å². The van der Waals surface area contributed by atoms with Crippen molar-refractivity contribution in [1.29, 1.82) is 0 Å². The highest BCUT2D eigenvalue weighted by Crippen LogP contribution is 2.36. The van der Waals surface area contributed by atoms with Crippen LogP contribution in [0.2, 0.25) is 0 Å². The van der Waals surface area contributed by atoms with Crippen LogP contribution in [0.25, 0.3) is 28.2 Å². The van der Waals surface area contributed by atoms with Crippen molar-refractivity contribution in [2.75, 3.05) is 0 Å². The second-order valence-electron chi connectivity index (χ2n) is 8.05. The molecule has 0 fully saturated rings. The third kappa shape index (κ3) is 4.89. The third-order valence-electron chi connectivity index (χ3n) is 5.63. The molecule has 3 heterocycles. The molecule has 0 aliphatic rings. The number of hydrogen-bond acceptors (Lipinski definition) is 6. The van der Waals surface area contributed by atoms with Gasteiger partial charge in [-0.3, -0.25) is 14.3 Å². The van der Waals surface area contributed by atoms with Gasteiger partial charge in [0.1, 0.15) is 16.8 Å². The van der Waals surface area contributed by atoms with Gasteiger partial charge in [0, 0.05) is 24.0 Å². The average molecular weight is 537 g/mol. The molecule has 0 aliphatic carbocycles. The summed E-state index contributed by atoms with van der Waals surface area (Å²) in [4.78, 5) is 24.6. The van der Waals surface area contributed by atoms with Crippen LogP contribution in [-0.2, 0) is 16.4 Å². The molecule has 1 aromatic carbocycles. The first kappa shape index (κ1) is 26.2. The molecule has 194 valence electrons. The Morgan fingerprint density at radius 3 is 2.38 bits per heavy atom. The van der Waals surface area contributed by atoms with Gasteiger partial charge < -0.3 is 5.73 Å². The normalized spacial score (nSPS) is 13.1. The molecule has 4 aromatic rings. The van der Waals surface area contributed by atoms with E-state index in [0.717, 1.165) is 12.3 Å². The minimum atomic E-state index is -4.79. The Morgan fingerprint density at radius 2 is 1.84 bits per heavy atom. The monoisotopic (exact) mass is 536 g/mol. The number of halogens is 4. The zero-order valence-corrected chi connectivity index (χ0v) is 20.2. The maximum absolute atomic E-state index is 14.7. The number of aryl methyl sites for hydroxylation is 1. The Bertz CT molecular complexity index is 1590. The highest BCUT2D eigenvalue weighted by atomic mass is 32.2. The summed E-state index contributed by atoms with van der Waals surface area (Å²) in [6.45, 7) is 2.42. The van der Waals surface area contributed by atoms with E-state index in [0.29, 0.717) is 24.4 Å². The van der Waals surface area contributed by atoms with E-state index in [1.807, 2.05) is 0 Å². The number of nitrogens with two attached hydrogens (primary N) is 1. The second-order valence-corrected chi connectivity index (χ2v) is 9.76. The summed E-state index contributed by atoms with van der Waals surface area (Å²) >= 11 is 0. The van der Waals surface area contributed by atoms with Gasteiger partial charge in [-0.25, -0.2) is 22.8 Å². The first-order valence-electron chi connectivity index (χ1n) is 10.8. The van der Waals surface area contributed by atoms with Crippen LogP contribution in [0.4, 0.5) is 17.6 Å². The molecule has 3 aromatic heterocycles. The molecular formula is C23H20F4N6O3S. The SMILES string of the molecule is CCc1cc2c(cc1F)c(C(N)=O)c(-c1ccc(S(=O)(=O)N[C@@H](C)C(F)(F)F)cn1)n2-c1ncccn1. The summed E-state index contributed by atoms with van der Waals surface area (Å²) in [7, 11) is -4.57. The number of alkyl halides is 3. The summed E-state index contributed by atoms with van der Waals surface area (Å²) in [5, 5.41) is 0.156. The van der Waals surface area contributed by atoms with Crippen LogP contribution in [0, 0.1) is 5.82 Å². The number of nitrogens with one attached hydrogen (secondary N) is 1. The van der Waals surface area contributed by atoms with E-state index in [-0.39, 0.29) is 28.3 Å². The van der Waals surface area contributed by atoms with Gasteiger partial charge in [-0.2, -0.15) is 17.9 Å². The van der Waals surface area contributed by atoms with E-state index < -0.39 is 38.9 Å². The summed E-state index contributed by atoms with van der Waals surface area (Å²) in [5.41, 5.74) is 6.34. The number of fused-ring (bicyclic) bond motifs is 1. The summed E-state index contributed by atoms with van der Waals surface area (Å²) in [6, 6.07) is 4.15. The van der Waals surface area contributed by atoms with E-state index in [1.54, 1.807) is 17.7 Å². The molecule has 0 unspecified atom stereocenters. The molecule has 0 bridgehead atoms. The molecule has 0 aliphatic heterocycles. The summed E-state index contributed by atoms with van der Waals surface area (Å²) < 4.78 is 81.2. The molecule has 0 saturated carbocycles. The second kappa shape index (κ2) is 9.52. The van der Waals surface area contributed by atoms with Gasteiger partial charge in [0.25, 0.3) is 5.91 Å². The van der Waals surface area contributed by atoms with Gasteiger partial charge in [-0.05, 0) is 49.2 Å². The van der Waals surface area contributed by atoms with Crippen LogP contribution in [0.1, 0.15) is 29.8 Å². The lowest BCUT2D eigenvalue weighted by molar-refractivity contribution is -0.147. The Morgan fingerprint density at radius 1 is 1.16 bits per heavy atom. The Hall–Kier alpha value is -3.91. The Kier molecular flexibility index (Phi) is 6.73. The third-order valence-corrected chi connectivity index (χ3v) is 7.15. The van der Waals surface area contributed by atoms with Crippen molar-refractivity contribution in [3.05, 3.63) is 65.9 Å². The predicted molar refractivity (Wildman–Crippen MR) is 126 cm³/mol. The molecular weight excluding hydrogens is 516 g/mol. The maximum Gasteiger partial charge on any atom is 0.404 e.